The lowest BCUT2D eigenvalue weighted by atomic mass is 9.95. The summed E-state index contributed by atoms with van der Waals surface area (Å²) in [5.74, 6) is -0.138. The normalized spacial score (nSPS) is 10.9. The molecule has 3 N–H and O–H groups in total. The fourth-order valence-corrected chi connectivity index (χ4v) is 2.42. The molecule has 0 unspecified atom stereocenters. The van der Waals surface area contributed by atoms with Gasteiger partial charge in [0.1, 0.15) is 11.3 Å². The Morgan fingerprint density at radius 1 is 1.32 bits per heavy atom. The molecule has 0 saturated heterocycles. The first kappa shape index (κ1) is 15.5. The maximum atomic E-state index is 11.9. The zero-order valence-electron chi connectivity index (χ0n) is 12.6. The second-order valence-corrected chi connectivity index (χ2v) is 4.82. The van der Waals surface area contributed by atoms with Crippen molar-refractivity contribution in [3.8, 4) is 16.9 Å². The number of rotatable bonds is 3. The van der Waals surface area contributed by atoms with Crippen molar-refractivity contribution < 1.29 is 14.6 Å². The van der Waals surface area contributed by atoms with Crippen molar-refractivity contribution in [1.29, 1.82) is 0 Å². The molecule has 2 rings (SSSR count). The highest BCUT2D eigenvalue weighted by atomic mass is 16.5. The van der Waals surface area contributed by atoms with Crippen LogP contribution in [-0.4, -0.2) is 29.5 Å². The third-order valence-electron chi connectivity index (χ3n) is 3.27. The van der Waals surface area contributed by atoms with E-state index in [1.807, 2.05) is 13.8 Å². The number of aliphatic imine (C=N–C) groups is 1. The van der Waals surface area contributed by atoms with E-state index in [-0.39, 0.29) is 17.1 Å². The van der Waals surface area contributed by atoms with Crippen molar-refractivity contribution in [3.63, 3.8) is 0 Å². The molecular formula is C16H17N3O3. The van der Waals surface area contributed by atoms with Crippen molar-refractivity contribution in [3.05, 3.63) is 41.1 Å². The van der Waals surface area contributed by atoms with E-state index in [0.717, 1.165) is 28.6 Å². The molecule has 0 spiro atoms. The van der Waals surface area contributed by atoms with Gasteiger partial charge in [0.25, 0.3) is 0 Å². The van der Waals surface area contributed by atoms with E-state index in [1.165, 1.54) is 7.11 Å². The van der Waals surface area contributed by atoms with E-state index >= 15 is 0 Å². The molecule has 6 nitrogen and oxygen atoms in total. The summed E-state index contributed by atoms with van der Waals surface area (Å²) in [5, 5.41) is 9.64. The second kappa shape index (κ2) is 6.26. The molecule has 1 aromatic heterocycles. The van der Waals surface area contributed by atoms with E-state index < -0.39 is 5.97 Å². The number of ether oxygens (including phenoxy) is 1. The summed E-state index contributed by atoms with van der Waals surface area (Å²) in [4.78, 5) is 19.9. The van der Waals surface area contributed by atoms with Gasteiger partial charge in [-0.2, -0.15) is 0 Å². The third-order valence-corrected chi connectivity index (χ3v) is 3.27. The summed E-state index contributed by atoms with van der Waals surface area (Å²) in [7, 11) is 1.29. The maximum absolute atomic E-state index is 11.9. The number of phenols is 1. The number of aromatic nitrogens is 1. The van der Waals surface area contributed by atoms with Crippen LogP contribution in [0, 0.1) is 13.8 Å². The van der Waals surface area contributed by atoms with Gasteiger partial charge in [0, 0.05) is 11.8 Å². The molecule has 6 heteroatoms. The molecule has 1 aromatic carbocycles. The highest BCUT2D eigenvalue weighted by Gasteiger charge is 2.16. The van der Waals surface area contributed by atoms with Gasteiger partial charge in [-0.3, -0.25) is 0 Å². The fourth-order valence-electron chi connectivity index (χ4n) is 2.42. The van der Waals surface area contributed by atoms with E-state index in [4.69, 9.17) is 10.5 Å². The lowest BCUT2D eigenvalue weighted by Gasteiger charge is -2.12. The number of nitrogens with zero attached hydrogens (tertiary/aromatic N) is 2. The van der Waals surface area contributed by atoms with Crippen molar-refractivity contribution in [1.82, 2.24) is 4.98 Å². The van der Waals surface area contributed by atoms with E-state index in [1.54, 1.807) is 24.4 Å². The van der Waals surface area contributed by atoms with Crippen LogP contribution in [0.1, 0.15) is 21.5 Å². The number of hydrogen-bond acceptors (Lipinski definition) is 5. The van der Waals surface area contributed by atoms with Crippen LogP contribution in [0.5, 0.6) is 5.75 Å². The maximum Gasteiger partial charge on any atom is 0.341 e. The van der Waals surface area contributed by atoms with Gasteiger partial charge in [-0.15, -0.1) is 0 Å². The zero-order chi connectivity index (χ0) is 16.3. The standard InChI is InChI=1S/C16H17N3O3/c1-9-4-12(20)5-10(2)14(9)11-6-13(16(21)22-3)15(18-7-11)19-8-17/h4-8,20H,1-3H3,(H2,17,18,19). The van der Waals surface area contributed by atoms with Gasteiger partial charge in [-0.1, -0.05) is 0 Å². The first-order valence-corrected chi connectivity index (χ1v) is 6.61. The SMILES string of the molecule is COC(=O)c1cc(-c2c(C)cc(O)cc2C)cnc1N=CN. The number of aromatic hydroxyl groups is 1. The van der Waals surface area contributed by atoms with E-state index in [0.29, 0.717) is 0 Å². The Morgan fingerprint density at radius 3 is 2.50 bits per heavy atom. The number of pyridine rings is 1. The zero-order valence-corrected chi connectivity index (χ0v) is 12.6. The summed E-state index contributed by atoms with van der Waals surface area (Å²) in [6.07, 6.45) is 2.69. The molecule has 0 aliphatic carbocycles. The number of carbonyl (C=O) groups excluding carboxylic acids is 1. The average Bonchev–Trinajstić information content (AvgIpc) is 2.47. The summed E-state index contributed by atoms with van der Waals surface area (Å²) in [6.45, 7) is 3.76. The number of nitrogens with two attached hydrogens (primary N) is 1. The first-order valence-electron chi connectivity index (χ1n) is 6.61. The van der Waals surface area contributed by atoms with Gasteiger partial charge >= 0.3 is 5.97 Å². The Balaban J connectivity index is 2.66. The lowest BCUT2D eigenvalue weighted by Crippen LogP contribution is -2.04. The molecule has 1 heterocycles. The van der Waals surface area contributed by atoms with Gasteiger partial charge < -0.3 is 15.6 Å². The minimum atomic E-state index is -0.538. The number of carbonyl (C=O) groups is 1. The van der Waals surface area contributed by atoms with Gasteiger partial charge in [-0.25, -0.2) is 14.8 Å². The van der Waals surface area contributed by atoms with Crippen LogP contribution < -0.4 is 5.73 Å². The smallest absolute Gasteiger partial charge is 0.341 e. The van der Waals surface area contributed by atoms with E-state index in [2.05, 4.69) is 9.98 Å². The molecule has 22 heavy (non-hydrogen) atoms. The Kier molecular flexibility index (Phi) is 4.41. The molecule has 0 aliphatic heterocycles. The van der Waals surface area contributed by atoms with Crippen molar-refractivity contribution >= 4 is 18.1 Å². The monoisotopic (exact) mass is 299 g/mol. The molecule has 0 fully saturated rings. The number of phenolic OH excluding ortho intramolecular Hbond substituents is 1. The summed E-state index contributed by atoms with van der Waals surface area (Å²) < 4.78 is 4.76. The summed E-state index contributed by atoms with van der Waals surface area (Å²) >= 11 is 0. The largest absolute Gasteiger partial charge is 0.508 e. The average molecular weight is 299 g/mol. The van der Waals surface area contributed by atoms with E-state index in [9.17, 15) is 9.90 Å². The first-order chi connectivity index (χ1) is 10.5. The number of hydrogen-bond donors (Lipinski definition) is 2. The Morgan fingerprint density at radius 2 is 1.95 bits per heavy atom. The van der Waals surface area contributed by atoms with Gasteiger partial charge in [0.15, 0.2) is 5.82 Å². The van der Waals surface area contributed by atoms with Gasteiger partial charge in [-0.05, 0) is 48.7 Å². The van der Waals surface area contributed by atoms with Crippen LogP contribution in [0.15, 0.2) is 29.4 Å². The Labute approximate surface area is 128 Å². The Bertz CT molecular complexity index is 731. The Hall–Kier alpha value is -2.89. The lowest BCUT2D eigenvalue weighted by molar-refractivity contribution is 0.0601. The predicted molar refractivity (Wildman–Crippen MR) is 84.5 cm³/mol. The quantitative estimate of drug-likeness (QED) is 0.515. The topological polar surface area (TPSA) is 97.8 Å². The van der Waals surface area contributed by atoms with Gasteiger partial charge in [0.2, 0.25) is 0 Å². The molecule has 0 bridgehead atoms. The van der Waals surface area contributed by atoms with Crippen molar-refractivity contribution in [2.75, 3.05) is 7.11 Å². The predicted octanol–water partition coefficient (Wildman–Crippen LogP) is 2.48. The highest BCUT2D eigenvalue weighted by molar-refractivity contribution is 5.96. The minimum Gasteiger partial charge on any atom is -0.508 e. The van der Waals surface area contributed by atoms with Crippen LogP contribution in [-0.2, 0) is 4.74 Å². The number of methoxy groups -OCH3 is 1. The van der Waals surface area contributed by atoms with Crippen molar-refractivity contribution in [2.24, 2.45) is 10.7 Å². The molecular weight excluding hydrogens is 282 g/mol. The summed E-state index contributed by atoms with van der Waals surface area (Å²) in [5.41, 5.74) is 8.91. The molecule has 0 radical (unpaired) electrons. The number of benzene rings is 1. The summed E-state index contributed by atoms with van der Waals surface area (Å²) in [6, 6.07) is 4.98. The van der Waals surface area contributed by atoms with Crippen molar-refractivity contribution in [2.45, 2.75) is 13.8 Å². The van der Waals surface area contributed by atoms with Crippen LogP contribution >= 0.6 is 0 Å². The van der Waals surface area contributed by atoms with Crippen LogP contribution in [0.4, 0.5) is 5.82 Å². The fraction of sp³-hybridized carbons (Fsp3) is 0.188. The van der Waals surface area contributed by atoms with Gasteiger partial charge in [0.05, 0.1) is 13.4 Å². The third kappa shape index (κ3) is 2.90. The minimum absolute atomic E-state index is 0.198. The number of aryl methyl sites for hydroxylation is 2. The molecule has 0 atom stereocenters. The molecule has 114 valence electrons. The van der Waals surface area contributed by atoms with Crippen LogP contribution in [0.25, 0.3) is 11.1 Å². The molecule has 0 amide bonds. The van der Waals surface area contributed by atoms with Crippen LogP contribution in [0.3, 0.4) is 0 Å². The molecule has 0 aliphatic rings. The molecule has 2 aromatic rings. The second-order valence-electron chi connectivity index (χ2n) is 4.82. The molecule has 0 saturated carbocycles. The highest BCUT2D eigenvalue weighted by Crippen LogP contribution is 2.32. The number of esters is 1. The van der Waals surface area contributed by atoms with Crippen LogP contribution in [0.2, 0.25) is 0 Å².